The standard InChI is InChI=1S/C16H22F3N/c1-2-15(9-3-4-10-15)14(20)11-12-5-7-13(8-6-12)16(17,18)19/h5-8,14H,2-4,9-11,20H2,1H3. The first kappa shape index (κ1) is 15.4. The van der Waals surface area contributed by atoms with Gasteiger partial charge in [-0.25, -0.2) is 0 Å². The zero-order valence-electron chi connectivity index (χ0n) is 11.8. The van der Waals surface area contributed by atoms with E-state index in [1.165, 1.54) is 12.8 Å². The first-order valence-electron chi connectivity index (χ1n) is 7.29. The van der Waals surface area contributed by atoms with Gasteiger partial charge in [0.2, 0.25) is 0 Å². The molecule has 4 heteroatoms. The Kier molecular flexibility index (Phi) is 4.43. The molecule has 1 unspecified atom stereocenters. The van der Waals surface area contributed by atoms with Crippen LogP contribution in [0.2, 0.25) is 0 Å². The van der Waals surface area contributed by atoms with Crippen molar-refractivity contribution in [1.82, 2.24) is 0 Å². The molecule has 1 nitrogen and oxygen atoms in total. The average molecular weight is 285 g/mol. The molecular formula is C16H22F3N. The molecule has 2 rings (SSSR count). The Morgan fingerprint density at radius 1 is 1.15 bits per heavy atom. The van der Waals surface area contributed by atoms with Crippen LogP contribution in [0, 0.1) is 5.41 Å². The molecule has 1 saturated carbocycles. The third-order valence-corrected chi connectivity index (χ3v) is 4.83. The molecule has 2 N–H and O–H groups in total. The van der Waals surface area contributed by atoms with Crippen LogP contribution in [0.25, 0.3) is 0 Å². The molecular weight excluding hydrogens is 263 g/mol. The zero-order chi connectivity index (χ0) is 14.8. The molecule has 1 aromatic carbocycles. The molecule has 0 aromatic heterocycles. The number of rotatable bonds is 4. The molecule has 0 heterocycles. The Hall–Kier alpha value is -1.03. The van der Waals surface area contributed by atoms with Crippen LogP contribution in [-0.2, 0) is 12.6 Å². The fourth-order valence-electron chi connectivity index (χ4n) is 3.37. The summed E-state index contributed by atoms with van der Waals surface area (Å²) in [6.45, 7) is 2.16. The molecule has 0 bridgehead atoms. The summed E-state index contributed by atoms with van der Waals surface area (Å²) in [6, 6.07) is 5.44. The number of hydrogen-bond acceptors (Lipinski definition) is 1. The Morgan fingerprint density at radius 2 is 1.70 bits per heavy atom. The number of benzene rings is 1. The summed E-state index contributed by atoms with van der Waals surface area (Å²) in [7, 11) is 0. The van der Waals surface area contributed by atoms with Gasteiger partial charge in [-0.1, -0.05) is 31.9 Å². The summed E-state index contributed by atoms with van der Waals surface area (Å²) in [6.07, 6.45) is 2.16. The van der Waals surface area contributed by atoms with E-state index < -0.39 is 11.7 Å². The van der Waals surface area contributed by atoms with Gasteiger partial charge < -0.3 is 5.73 Å². The molecule has 0 aliphatic heterocycles. The number of halogens is 3. The molecule has 0 amide bonds. The van der Waals surface area contributed by atoms with Crippen LogP contribution in [0.3, 0.4) is 0 Å². The number of nitrogens with two attached hydrogens (primary N) is 1. The molecule has 1 aliphatic carbocycles. The third-order valence-electron chi connectivity index (χ3n) is 4.83. The Labute approximate surface area is 118 Å². The molecule has 0 radical (unpaired) electrons. The highest BCUT2D eigenvalue weighted by Crippen LogP contribution is 2.44. The minimum Gasteiger partial charge on any atom is -0.327 e. The van der Waals surface area contributed by atoms with Crippen LogP contribution < -0.4 is 5.73 Å². The number of alkyl halides is 3. The first-order valence-corrected chi connectivity index (χ1v) is 7.29. The number of hydrogen-bond donors (Lipinski definition) is 1. The van der Waals surface area contributed by atoms with Crippen molar-refractivity contribution in [3.63, 3.8) is 0 Å². The molecule has 0 saturated heterocycles. The minimum atomic E-state index is -4.27. The highest BCUT2D eigenvalue weighted by atomic mass is 19.4. The minimum absolute atomic E-state index is 0.0340. The second-order valence-electron chi connectivity index (χ2n) is 5.93. The van der Waals surface area contributed by atoms with Gasteiger partial charge >= 0.3 is 6.18 Å². The molecule has 1 aromatic rings. The molecule has 1 atom stereocenters. The van der Waals surface area contributed by atoms with E-state index in [4.69, 9.17) is 5.73 Å². The van der Waals surface area contributed by atoms with E-state index in [1.54, 1.807) is 12.1 Å². The van der Waals surface area contributed by atoms with Crippen LogP contribution >= 0.6 is 0 Å². The SMILES string of the molecule is CCC1(C(N)Cc2ccc(C(F)(F)F)cc2)CCCC1. The smallest absolute Gasteiger partial charge is 0.327 e. The maximum atomic E-state index is 12.5. The Balaban J connectivity index is 2.06. The lowest BCUT2D eigenvalue weighted by atomic mass is 9.74. The van der Waals surface area contributed by atoms with Crippen molar-refractivity contribution >= 4 is 0 Å². The molecule has 112 valence electrons. The summed E-state index contributed by atoms with van der Waals surface area (Å²) in [5.41, 5.74) is 6.84. The fraction of sp³-hybridized carbons (Fsp3) is 0.625. The van der Waals surface area contributed by atoms with Gasteiger partial charge in [0, 0.05) is 6.04 Å². The molecule has 0 spiro atoms. The van der Waals surface area contributed by atoms with E-state index in [9.17, 15) is 13.2 Å². The van der Waals surface area contributed by atoms with E-state index in [2.05, 4.69) is 6.92 Å². The zero-order valence-corrected chi connectivity index (χ0v) is 11.8. The van der Waals surface area contributed by atoms with Gasteiger partial charge in [0.15, 0.2) is 0 Å². The van der Waals surface area contributed by atoms with Crippen LogP contribution in [0.1, 0.15) is 50.2 Å². The van der Waals surface area contributed by atoms with Gasteiger partial charge in [-0.15, -0.1) is 0 Å². The van der Waals surface area contributed by atoms with Gasteiger partial charge in [-0.3, -0.25) is 0 Å². The molecule has 1 aliphatic rings. The topological polar surface area (TPSA) is 26.0 Å². The van der Waals surface area contributed by atoms with Gasteiger partial charge in [-0.05, 0) is 48.8 Å². The summed E-state index contributed by atoms with van der Waals surface area (Å²) in [4.78, 5) is 0. The average Bonchev–Trinajstić information content (AvgIpc) is 2.88. The lowest BCUT2D eigenvalue weighted by Gasteiger charge is -2.34. The maximum Gasteiger partial charge on any atom is 0.416 e. The predicted octanol–water partition coefficient (Wildman–Crippen LogP) is 4.55. The Morgan fingerprint density at radius 3 is 2.15 bits per heavy atom. The Bertz CT molecular complexity index is 430. The highest BCUT2D eigenvalue weighted by molar-refractivity contribution is 5.25. The van der Waals surface area contributed by atoms with Crippen LogP contribution in [-0.4, -0.2) is 6.04 Å². The third kappa shape index (κ3) is 3.17. The quantitative estimate of drug-likeness (QED) is 0.863. The van der Waals surface area contributed by atoms with Crippen molar-refractivity contribution < 1.29 is 13.2 Å². The lowest BCUT2D eigenvalue weighted by molar-refractivity contribution is -0.137. The van der Waals surface area contributed by atoms with Crippen molar-refractivity contribution in [3.8, 4) is 0 Å². The summed E-state index contributed by atoms with van der Waals surface area (Å²) >= 11 is 0. The van der Waals surface area contributed by atoms with Crippen molar-refractivity contribution in [2.75, 3.05) is 0 Å². The van der Waals surface area contributed by atoms with Crippen LogP contribution in [0.15, 0.2) is 24.3 Å². The predicted molar refractivity (Wildman–Crippen MR) is 74.3 cm³/mol. The van der Waals surface area contributed by atoms with E-state index in [0.29, 0.717) is 6.42 Å². The van der Waals surface area contributed by atoms with E-state index in [0.717, 1.165) is 37.0 Å². The van der Waals surface area contributed by atoms with Crippen LogP contribution in [0.5, 0.6) is 0 Å². The van der Waals surface area contributed by atoms with Gasteiger partial charge in [-0.2, -0.15) is 13.2 Å². The van der Waals surface area contributed by atoms with Gasteiger partial charge in [0.05, 0.1) is 5.56 Å². The second kappa shape index (κ2) is 5.76. The second-order valence-corrected chi connectivity index (χ2v) is 5.93. The van der Waals surface area contributed by atoms with Gasteiger partial charge in [0.1, 0.15) is 0 Å². The summed E-state index contributed by atoms with van der Waals surface area (Å²) in [5.74, 6) is 0. The fourth-order valence-corrected chi connectivity index (χ4v) is 3.37. The van der Waals surface area contributed by atoms with Gasteiger partial charge in [0.25, 0.3) is 0 Å². The largest absolute Gasteiger partial charge is 0.416 e. The van der Waals surface area contributed by atoms with Crippen molar-refractivity contribution in [2.45, 2.75) is 57.7 Å². The van der Waals surface area contributed by atoms with Crippen molar-refractivity contribution in [3.05, 3.63) is 35.4 Å². The monoisotopic (exact) mass is 285 g/mol. The van der Waals surface area contributed by atoms with E-state index in [-0.39, 0.29) is 11.5 Å². The summed E-state index contributed by atoms with van der Waals surface area (Å²) < 4.78 is 37.6. The van der Waals surface area contributed by atoms with Crippen molar-refractivity contribution in [1.29, 1.82) is 0 Å². The summed E-state index contributed by atoms with van der Waals surface area (Å²) in [5, 5.41) is 0. The van der Waals surface area contributed by atoms with Crippen molar-refractivity contribution in [2.24, 2.45) is 11.1 Å². The highest BCUT2D eigenvalue weighted by Gasteiger charge is 2.37. The first-order chi connectivity index (χ1) is 9.37. The van der Waals surface area contributed by atoms with Crippen LogP contribution in [0.4, 0.5) is 13.2 Å². The maximum absolute atomic E-state index is 12.5. The van der Waals surface area contributed by atoms with E-state index >= 15 is 0 Å². The van der Waals surface area contributed by atoms with E-state index in [1.807, 2.05) is 0 Å². The molecule has 1 fully saturated rings. The molecule has 20 heavy (non-hydrogen) atoms. The lowest BCUT2D eigenvalue weighted by Crippen LogP contribution is -2.41. The normalized spacial score (nSPS) is 20.1.